The fourth-order valence-electron chi connectivity index (χ4n) is 2.20. The van der Waals surface area contributed by atoms with E-state index in [4.69, 9.17) is 14.6 Å². The first kappa shape index (κ1) is 15.5. The second kappa shape index (κ2) is 6.71. The van der Waals surface area contributed by atoms with Gasteiger partial charge in [0.2, 0.25) is 0 Å². The van der Waals surface area contributed by atoms with Crippen LogP contribution in [0.4, 0.5) is 0 Å². The van der Waals surface area contributed by atoms with Gasteiger partial charge in [0.15, 0.2) is 11.5 Å². The molecule has 0 amide bonds. The predicted molar refractivity (Wildman–Crippen MR) is 82.6 cm³/mol. The zero-order valence-electron chi connectivity index (χ0n) is 12.3. The summed E-state index contributed by atoms with van der Waals surface area (Å²) in [5, 5.41) is 9.11. The first-order chi connectivity index (χ1) is 10.1. The summed E-state index contributed by atoms with van der Waals surface area (Å²) < 4.78 is 12.3. The molecule has 2 aromatic rings. The first-order valence-corrected chi connectivity index (χ1v) is 7.82. The lowest BCUT2D eigenvalue weighted by Crippen LogP contribution is -2.12. The molecule has 0 aliphatic rings. The molecule has 1 aromatic carbocycles. The van der Waals surface area contributed by atoms with Gasteiger partial charge in [0.1, 0.15) is 12.4 Å². The van der Waals surface area contributed by atoms with E-state index in [-0.39, 0.29) is 6.54 Å². The standard InChI is InChI=1S/C14H18N2O4S/c1-19-11-6-9-10(7-12(11)20-2)16(8-14(17)18)13(15-9)4-5-21-3/h6-7H,4-5,8H2,1-3H3,(H,17,18). The predicted octanol–water partition coefficient (Wildman–Crippen LogP) is 2.04. The largest absolute Gasteiger partial charge is 0.493 e. The van der Waals surface area contributed by atoms with E-state index in [2.05, 4.69) is 4.98 Å². The van der Waals surface area contributed by atoms with Crippen LogP contribution >= 0.6 is 11.8 Å². The number of aromatic nitrogens is 2. The monoisotopic (exact) mass is 310 g/mol. The minimum absolute atomic E-state index is 0.115. The molecule has 1 N–H and O–H groups in total. The van der Waals surface area contributed by atoms with Gasteiger partial charge in [-0.05, 0) is 6.26 Å². The number of thioether (sulfide) groups is 1. The van der Waals surface area contributed by atoms with E-state index in [1.54, 1.807) is 42.7 Å². The number of benzene rings is 1. The smallest absolute Gasteiger partial charge is 0.323 e. The summed E-state index contributed by atoms with van der Waals surface area (Å²) in [6.45, 7) is -0.115. The molecule has 114 valence electrons. The topological polar surface area (TPSA) is 73.6 Å². The van der Waals surface area contributed by atoms with E-state index in [0.717, 1.165) is 17.1 Å². The van der Waals surface area contributed by atoms with Crippen LogP contribution < -0.4 is 9.47 Å². The molecule has 7 heteroatoms. The number of nitrogens with zero attached hydrogens (tertiary/aromatic N) is 2. The summed E-state index contributed by atoms with van der Waals surface area (Å²) in [7, 11) is 3.11. The van der Waals surface area contributed by atoms with Gasteiger partial charge in [0.05, 0.1) is 25.3 Å². The van der Waals surface area contributed by atoms with Gasteiger partial charge in [-0.25, -0.2) is 4.98 Å². The summed E-state index contributed by atoms with van der Waals surface area (Å²) in [5.41, 5.74) is 1.45. The zero-order valence-corrected chi connectivity index (χ0v) is 13.1. The molecule has 0 spiro atoms. The van der Waals surface area contributed by atoms with Gasteiger partial charge in [-0.3, -0.25) is 4.79 Å². The van der Waals surface area contributed by atoms with E-state index in [1.807, 2.05) is 6.26 Å². The summed E-state index contributed by atoms with van der Waals surface area (Å²) >= 11 is 1.70. The number of aryl methyl sites for hydroxylation is 1. The number of hydrogen-bond acceptors (Lipinski definition) is 5. The molecule has 0 bridgehead atoms. The molecule has 0 fully saturated rings. The highest BCUT2D eigenvalue weighted by Gasteiger charge is 2.16. The Bertz CT molecular complexity index is 654. The molecule has 21 heavy (non-hydrogen) atoms. The lowest BCUT2D eigenvalue weighted by atomic mass is 10.2. The van der Waals surface area contributed by atoms with E-state index >= 15 is 0 Å². The number of imidazole rings is 1. The quantitative estimate of drug-likeness (QED) is 0.843. The van der Waals surface area contributed by atoms with Gasteiger partial charge in [0, 0.05) is 24.3 Å². The number of hydrogen-bond donors (Lipinski definition) is 1. The van der Waals surface area contributed by atoms with Crippen molar-refractivity contribution >= 4 is 28.8 Å². The van der Waals surface area contributed by atoms with Crippen LogP contribution in [0.2, 0.25) is 0 Å². The number of ether oxygens (including phenoxy) is 2. The second-order valence-corrected chi connectivity index (χ2v) is 5.43. The van der Waals surface area contributed by atoms with E-state index in [9.17, 15) is 4.79 Å². The molecule has 6 nitrogen and oxygen atoms in total. The summed E-state index contributed by atoms with van der Waals surface area (Å²) in [6.07, 6.45) is 2.73. The zero-order chi connectivity index (χ0) is 15.4. The lowest BCUT2D eigenvalue weighted by Gasteiger charge is -2.09. The van der Waals surface area contributed by atoms with Crippen molar-refractivity contribution in [3.8, 4) is 11.5 Å². The molecular weight excluding hydrogens is 292 g/mol. The van der Waals surface area contributed by atoms with Crippen molar-refractivity contribution < 1.29 is 19.4 Å². The van der Waals surface area contributed by atoms with Crippen molar-refractivity contribution in [3.63, 3.8) is 0 Å². The minimum Gasteiger partial charge on any atom is -0.493 e. The Balaban J connectivity index is 2.58. The van der Waals surface area contributed by atoms with E-state index < -0.39 is 5.97 Å². The van der Waals surface area contributed by atoms with Crippen LogP contribution in [0.5, 0.6) is 11.5 Å². The number of methoxy groups -OCH3 is 2. The highest BCUT2D eigenvalue weighted by molar-refractivity contribution is 7.98. The Morgan fingerprint density at radius 2 is 2.00 bits per heavy atom. The SMILES string of the molecule is COc1cc2nc(CCSC)n(CC(=O)O)c2cc1OC. The first-order valence-electron chi connectivity index (χ1n) is 6.42. The molecule has 2 rings (SSSR count). The van der Waals surface area contributed by atoms with Crippen LogP contribution in [0.1, 0.15) is 5.82 Å². The molecule has 1 aromatic heterocycles. The van der Waals surface area contributed by atoms with Crippen molar-refractivity contribution in [1.82, 2.24) is 9.55 Å². The van der Waals surface area contributed by atoms with Gasteiger partial charge in [-0.2, -0.15) is 11.8 Å². The van der Waals surface area contributed by atoms with Crippen molar-refractivity contribution in [3.05, 3.63) is 18.0 Å². The number of fused-ring (bicyclic) bond motifs is 1. The number of carbonyl (C=O) groups is 1. The maximum absolute atomic E-state index is 11.1. The van der Waals surface area contributed by atoms with Crippen molar-refractivity contribution in [2.75, 3.05) is 26.2 Å². The van der Waals surface area contributed by atoms with Crippen molar-refractivity contribution in [2.45, 2.75) is 13.0 Å². The summed E-state index contributed by atoms with van der Waals surface area (Å²) in [6, 6.07) is 3.54. The van der Waals surface area contributed by atoms with Crippen LogP contribution in [-0.2, 0) is 17.8 Å². The second-order valence-electron chi connectivity index (χ2n) is 4.45. The van der Waals surface area contributed by atoms with Crippen LogP contribution in [0.15, 0.2) is 12.1 Å². The fourth-order valence-corrected chi connectivity index (χ4v) is 2.58. The van der Waals surface area contributed by atoms with Crippen LogP contribution in [-0.4, -0.2) is 46.9 Å². The molecule has 0 saturated heterocycles. The van der Waals surface area contributed by atoms with Crippen molar-refractivity contribution in [2.24, 2.45) is 0 Å². The molecule has 1 heterocycles. The summed E-state index contributed by atoms with van der Waals surface area (Å²) in [5.74, 6) is 1.90. The maximum Gasteiger partial charge on any atom is 0.323 e. The van der Waals surface area contributed by atoms with Crippen LogP contribution in [0.25, 0.3) is 11.0 Å². The van der Waals surface area contributed by atoms with Crippen LogP contribution in [0, 0.1) is 0 Å². The average molecular weight is 310 g/mol. The van der Waals surface area contributed by atoms with Gasteiger partial charge in [0.25, 0.3) is 0 Å². The highest BCUT2D eigenvalue weighted by atomic mass is 32.2. The molecule has 0 aliphatic heterocycles. The third-order valence-electron chi connectivity index (χ3n) is 3.16. The normalized spacial score (nSPS) is 10.8. The Morgan fingerprint density at radius 3 is 2.57 bits per heavy atom. The summed E-state index contributed by atoms with van der Waals surface area (Å²) in [4.78, 5) is 15.6. The molecule has 0 aliphatic carbocycles. The maximum atomic E-state index is 11.1. The van der Waals surface area contributed by atoms with Crippen molar-refractivity contribution in [1.29, 1.82) is 0 Å². The molecule has 0 radical (unpaired) electrons. The van der Waals surface area contributed by atoms with Gasteiger partial charge < -0.3 is 19.1 Å². The average Bonchev–Trinajstić information content (AvgIpc) is 2.80. The molecule has 0 saturated carbocycles. The van der Waals surface area contributed by atoms with Crippen LogP contribution in [0.3, 0.4) is 0 Å². The number of carboxylic acid groups (broad SMARTS) is 1. The van der Waals surface area contributed by atoms with Gasteiger partial charge >= 0.3 is 5.97 Å². The molecule has 0 atom stereocenters. The van der Waals surface area contributed by atoms with E-state index in [1.165, 1.54) is 0 Å². The Hall–Kier alpha value is -1.89. The van der Waals surface area contributed by atoms with Gasteiger partial charge in [-0.15, -0.1) is 0 Å². The fraction of sp³-hybridized carbons (Fsp3) is 0.429. The number of rotatable bonds is 7. The minimum atomic E-state index is -0.894. The van der Waals surface area contributed by atoms with Gasteiger partial charge in [-0.1, -0.05) is 0 Å². The van der Waals surface area contributed by atoms with E-state index in [0.29, 0.717) is 23.4 Å². The highest BCUT2D eigenvalue weighted by Crippen LogP contribution is 2.32. The lowest BCUT2D eigenvalue weighted by molar-refractivity contribution is -0.137. The Labute approximate surface area is 127 Å². The third-order valence-corrected chi connectivity index (χ3v) is 3.77. The Morgan fingerprint density at radius 1 is 1.33 bits per heavy atom. The number of carboxylic acids is 1. The molecule has 0 unspecified atom stereocenters. The Kier molecular flexibility index (Phi) is 4.95. The molecular formula is C14H18N2O4S. The number of aliphatic carboxylic acids is 1. The third kappa shape index (κ3) is 3.24.